The molecule has 0 saturated heterocycles. The molecule has 0 N–H and O–H groups in total. The van der Waals surface area contributed by atoms with Crippen molar-refractivity contribution in [3.63, 3.8) is 0 Å². The Morgan fingerprint density at radius 3 is 2.08 bits per heavy atom. The van der Waals surface area contributed by atoms with Crippen molar-refractivity contribution >= 4 is 5.78 Å². The van der Waals surface area contributed by atoms with Gasteiger partial charge in [-0.25, -0.2) is 0 Å². The molecule has 0 rings (SSSR count). The minimum Gasteiger partial charge on any atom is -0.300 e. The zero-order valence-electron chi connectivity index (χ0n) is 9.60. The van der Waals surface area contributed by atoms with Gasteiger partial charge in [0.05, 0.1) is 0 Å². The Labute approximate surface area is 82.9 Å². The lowest BCUT2D eigenvalue weighted by molar-refractivity contribution is -0.119. The highest BCUT2D eigenvalue weighted by atomic mass is 16.1. The minimum absolute atomic E-state index is 0.443. The first-order valence-electron chi connectivity index (χ1n) is 5.54. The van der Waals surface area contributed by atoms with Crippen LogP contribution in [0.4, 0.5) is 0 Å². The van der Waals surface area contributed by atoms with Gasteiger partial charge in [-0.2, -0.15) is 0 Å². The molecule has 1 nitrogen and oxygen atoms in total. The quantitative estimate of drug-likeness (QED) is 0.550. The van der Waals surface area contributed by atoms with E-state index in [0.717, 1.165) is 25.2 Å². The van der Waals surface area contributed by atoms with Crippen molar-refractivity contribution in [1.82, 2.24) is 0 Å². The number of rotatable bonds is 7. The zero-order valence-corrected chi connectivity index (χ0v) is 9.60. The fourth-order valence-corrected chi connectivity index (χ4v) is 1.43. The van der Waals surface area contributed by atoms with Crippen molar-refractivity contribution < 1.29 is 4.79 Å². The summed E-state index contributed by atoms with van der Waals surface area (Å²) in [6.07, 6.45) is 5.12. The van der Waals surface area contributed by atoms with Crippen LogP contribution in [0.2, 0.25) is 0 Å². The first-order valence-corrected chi connectivity index (χ1v) is 5.54. The van der Waals surface area contributed by atoms with Crippen molar-refractivity contribution in [3.05, 3.63) is 0 Å². The second-order valence-corrected chi connectivity index (χ2v) is 4.78. The fourth-order valence-electron chi connectivity index (χ4n) is 1.43. The monoisotopic (exact) mass is 184 g/mol. The normalized spacial score (nSPS) is 11.2. The maximum atomic E-state index is 11.3. The molecule has 0 heterocycles. The van der Waals surface area contributed by atoms with Crippen molar-refractivity contribution in [1.29, 1.82) is 0 Å². The van der Waals surface area contributed by atoms with Gasteiger partial charge in [0.15, 0.2) is 0 Å². The summed E-state index contributed by atoms with van der Waals surface area (Å²) in [7, 11) is 0. The van der Waals surface area contributed by atoms with E-state index in [9.17, 15) is 4.79 Å². The van der Waals surface area contributed by atoms with Gasteiger partial charge >= 0.3 is 0 Å². The fraction of sp³-hybridized carbons (Fsp3) is 0.917. The smallest absolute Gasteiger partial charge is 0.133 e. The first-order chi connectivity index (χ1) is 6.02. The molecule has 13 heavy (non-hydrogen) atoms. The van der Waals surface area contributed by atoms with E-state index in [0.29, 0.717) is 11.7 Å². The molecule has 78 valence electrons. The maximum Gasteiger partial charge on any atom is 0.133 e. The van der Waals surface area contributed by atoms with E-state index in [1.165, 1.54) is 12.8 Å². The third-order valence-electron chi connectivity index (χ3n) is 2.12. The van der Waals surface area contributed by atoms with Gasteiger partial charge < -0.3 is 0 Å². The average Bonchev–Trinajstić information content (AvgIpc) is 1.96. The SMILES string of the molecule is CC(C)CCCCC(=O)CC(C)C. The van der Waals surface area contributed by atoms with Gasteiger partial charge in [0, 0.05) is 12.8 Å². The van der Waals surface area contributed by atoms with Crippen LogP contribution in [0, 0.1) is 11.8 Å². The Balaban J connectivity index is 3.27. The Morgan fingerprint density at radius 2 is 1.62 bits per heavy atom. The minimum atomic E-state index is 0.443. The molecule has 0 fully saturated rings. The highest BCUT2D eigenvalue weighted by Crippen LogP contribution is 2.10. The number of carbonyl (C=O) groups excluding carboxylic acids is 1. The van der Waals surface area contributed by atoms with E-state index >= 15 is 0 Å². The second-order valence-electron chi connectivity index (χ2n) is 4.78. The van der Waals surface area contributed by atoms with Crippen molar-refractivity contribution in [3.8, 4) is 0 Å². The highest BCUT2D eigenvalue weighted by molar-refractivity contribution is 5.78. The maximum absolute atomic E-state index is 11.3. The summed E-state index contributed by atoms with van der Waals surface area (Å²) < 4.78 is 0. The molecule has 0 saturated carbocycles. The molecule has 0 spiro atoms. The van der Waals surface area contributed by atoms with Crippen molar-refractivity contribution in [2.45, 2.75) is 59.8 Å². The van der Waals surface area contributed by atoms with Gasteiger partial charge in [-0.3, -0.25) is 4.79 Å². The topological polar surface area (TPSA) is 17.1 Å². The number of unbranched alkanes of at least 4 members (excludes halogenated alkanes) is 1. The van der Waals surface area contributed by atoms with Gasteiger partial charge in [-0.15, -0.1) is 0 Å². The lowest BCUT2D eigenvalue weighted by Gasteiger charge is -2.05. The summed E-state index contributed by atoms with van der Waals surface area (Å²) in [5, 5.41) is 0. The first kappa shape index (κ1) is 12.7. The summed E-state index contributed by atoms with van der Waals surface area (Å²) >= 11 is 0. The van der Waals surface area contributed by atoms with Gasteiger partial charge in [0.2, 0.25) is 0 Å². The Morgan fingerprint density at radius 1 is 1.00 bits per heavy atom. The molecule has 0 atom stereocenters. The lowest BCUT2D eigenvalue weighted by atomic mass is 10.0. The molecule has 0 amide bonds. The summed E-state index contributed by atoms with van der Waals surface area (Å²) in [6, 6.07) is 0. The summed E-state index contributed by atoms with van der Waals surface area (Å²) in [6.45, 7) is 8.67. The standard InChI is InChI=1S/C12H24O/c1-10(2)7-5-6-8-12(13)9-11(3)4/h10-11H,5-9H2,1-4H3. The molecular formula is C12H24O. The van der Waals surface area contributed by atoms with Crippen LogP contribution in [-0.4, -0.2) is 5.78 Å². The molecule has 0 aromatic rings. The number of Topliss-reactive ketones (excluding diaryl/α,β-unsaturated/α-hetero) is 1. The Bertz CT molecular complexity index is 136. The van der Waals surface area contributed by atoms with E-state index in [1.807, 2.05) is 0 Å². The zero-order chi connectivity index (χ0) is 10.3. The molecule has 0 aliphatic carbocycles. The van der Waals surface area contributed by atoms with E-state index in [4.69, 9.17) is 0 Å². The van der Waals surface area contributed by atoms with Crippen LogP contribution in [0.3, 0.4) is 0 Å². The van der Waals surface area contributed by atoms with Crippen LogP contribution in [0.15, 0.2) is 0 Å². The predicted octanol–water partition coefficient (Wildman–Crippen LogP) is 3.82. The molecule has 0 unspecified atom stereocenters. The molecule has 0 bridgehead atoms. The van der Waals surface area contributed by atoms with Crippen molar-refractivity contribution in [2.24, 2.45) is 11.8 Å². The van der Waals surface area contributed by atoms with Crippen LogP contribution in [0.5, 0.6) is 0 Å². The molecule has 1 heteroatoms. The van der Waals surface area contributed by atoms with Gasteiger partial charge in [-0.05, 0) is 18.3 Å². The number of carbonyl (C=O) groups is 1. The van der Waals surface area contributed by atoms with Crippen LogP contribution < -0.4 is 0 Å². The van der Waals surface area contributed by atoms with E-state index in [-0.39, 0.29) is 0 Å². The molecule has 0 aromatic heterocycles. The number of hydrogen-bond donors (Lipinski definition) is 0. The average molecular weight is 184 g/mol. The molecule has 0 aliphatic heterocycles. The highest BCUT2D eigenvalue weighted by Gasteiger charge is 2.04. The van der Waals surface area contributed by atoms with Crippen LogP contribution >= 0.6 is 0 Å². The second kappa shape index (κ2) is 7.11. The molecule has 0 radical (unpaired) electrons. The van der Waals surface area contributed by atoms with Crippen LogP contribution in [-0.2, 0) is 4.79 Å². The number of hydrogen-bond acceptors (Lipinski definition) is 1. The Kier molecular flexibility index (Phi) is 6.93. The Hall–Kier alpha value is -0.330. The predicted molar refractivity (Wildman–Crippen MR) is 57.8 cm³/mol. The van der Waals surface area contributed by atoms with E-state index in [2.05, 4.69) is 27.7 Å². The van der Waals surface area contributed by atoms with Gasteiger partial charge in [-0.1, -0.05) is 40.5 Å². The van der Waals surface area contributed by atoms with E-state index < -0.39 is 0 Å². The van der Waals surface area contributed by atoms with E-state index in [1.54, 1.807) is 0 Å². The number of ketones is 1. The lowest BCUT2D eigenvalue weighted by Crippen LogP contribution is -2.02. The molecule has 0 aliphatic rings. The van der Waals surface area contributed by atoms with Gasteiger partial charge in [0.25, 0.3) is 0 Å². The van der Waals surface area contributed by atoms with Crippen LogP contribution in [0.1, 0.15) is 59.8 Å². The van der Waals surface area contributed by atoms with Gasteiger partial charge in [0.1, 0.15) is 5.78 Å². The van der Waals surface area contributed by atoms with Crippen molar-refractivity contribution in [2.75, 3.05) is 0 Å². The van der Waals surface area contributed by atoms with Crippen LogP contribution in [0.25, 0.3) is 0 Å². The summed E-state index contributed by atoms with van der Waals surface area (Å²) in [4.78, 5) is 11.3. The largest absolute Gasteiger partial charge is 0.300 e. The third-order valence-corrected chi connectivity index (χ3v) is 2.12. The summed E-state index contributed by atoms with van der Waals surface area (Å²) in [5.74, 6) is 1.75. The summed E-state index contributed by atoms with van der Waals surface area (Å²) in [5.41, 5.74) is 0. The molecular weight excluding hydrogens is 160 g/mol. The third kappa shape index (κ3) is 9.59. The molecule has 0 aromatic carbocycles.